The zero-order chi connectivity index (χ0) is 19.7. The minimum absolute atomic E-state index is 0.368. The largest absolute Gasteiger partial charge is 0.396 e. The molecule has 0 aromatic carbocycles. The summed E-state index contributed by atoms with van der Waals surface area (Å²) in [4.78, 5) is 0. The lowest BCUT2D eigenvalue weighted by Gasteiger charge is -2.04. The standard InChI is InChI=1S/C25H52O2/c26-24-22-20-18-16-14-12-10-8-6-4-2-1-3-5-7-9-11-13-15-17-19-21-23-25-27/h26-27H,1-25H2. The van der Waals surface area contributed by atoms with Crippen LogP contribution in [0.5, 0.6) is 0 Å². The van der Waals surface area contributed by atoms with Crippen LogP contribution in [0, 0.1) is 0 Å². The summed E-state index contributed by atoms with van der Waals surface area (Å²) in [5, 5.41) is 17.5. The third-order valence-corrected chi connectivity index (χ3v) is 5.82. The Bertz CT molecular complexity index is 218. The molecule has 0 aromatic rings. The molecule has 0 saturated heterocycles. The SMILES string of the molecule is OCCCCCCCCCCCCCCCCCCCCCCCCCO. The lowest BCUT2D eigenvalue weighted by molar-refractivity contribution is 0.282. The van der Waals surface area contributed by atoms with E-state index in [1.54, 1.807) is 0 Å². The maximum Gasteiger partial charge on any atom is 0.0431 e. The second kappa shape index (κ2) is 25.9. The van der Waals surface area contributed by atoms with E-state index >= 15 is 0 Å². The second-order valence-corrected chi connectivity index (χ2v) is 8.58. The molecule has 0 aliphatic rings. The summed E-state index contributed by atoms with van der Waals surface area (Å²) in [6.45, 7) is 0.737. The molecule has 0 unspecified atom stereocenters. The minimum Gasteiger partial charge on any atom is -0.396 e. The molecule has 0 atom stereocenters. The van der Waals surface area contributed by atoms with E-state index in [4.69, 9.17) is 10.2 Å². The van der Waals surface area contributed by atoms with Crippen LogP contribution in [0.25, 0.3) is 0 Å². The lowest BCUT2D eigenvalue weighted by Crippen LogP contribution is -1.85. The first-order valence-corrected chi connectivity index (χ1v) is 12.6. The number of hydrogen-bond donors (Lipinski definition) is 2. The van der Waals surface area contributed by atoms with Gasteiger partial charge in [-0.1, -0.05) is 135 Å². The summed E-state index contributed by atoms with van der Waals surface area (Å²) in [6.07, 6.45) is 31.3. The van der Waals surface area contributed by atoms with E-state index in [1.807, 2.05) is 0 Å². The third-order valence-electron chi connectivity index (χ3n) is 5.82. The Morgan fingerprint density at radius 2 is 0.296 bits per heavy atom. The van der Waals surface area contributed by atoms with Crippen molar-refractivity contribution in [3.05, 3.63) is 0 Å². The summed E-state index contributed by atoms with van der Waals surface area (Å²) in [6, 6.07) is 0. The fraction of sp³-hybridized carbons (Fsp3) is 1.00. The Labute approximate surface area is 171 Å². The fourth-order valence-corrected chi connectivity index (χ4v) is 3.94. The Kier molecular flexibility index (Phi) is 25.8. The van der Waals surface area contributed by atoms with E-state index in [2.05, 4.69) is 0 Å². The Morgan fingerprint density at radius 3 is 0.407 bits per heavy atom. The van der Waals surface area contributed by atoms with Gasteiger partial charge in [0.1, 0.15) is 0 Å². The van der Waals surface area contributed by atoms with E-state index in [-0.39, 0.29) is 0 Å². The van der Waals surface area contributed by atoms with Gasteiger partial charge in [-0.25, -0.2) is 0 Å². The van der Waals surface area contributed by atoms with Gasteiger partial charge in [-0.2, -0.15) is 0 Å². The van der Waals surface area contributed by atoms with Crippen LogP contribution >= 0.6 is 0 Å². The molecule has 164 valence electrons. The predicted octanol–water partition coefficient (Wildman–Crippen LogP) is 7.94. The van der Waals surface area contributed by atoms with Gasteiger partial charge >= 0.3 is 0 Å². The first-order chi connectivity index (χ1) is 13.4. The monoisotopic (exact) mass is 384 g/mol. The molecule has 0 saturated carbocycles. The van der Waals surface area contributed by atoms with Crippen LogP contribution in [-0.4, -0.2) is 23.4 Å². The molecule has 0 fully saturated rings. The first-order valence-electron chi connectivity index (χ1n) is 12.6. The molecule has 0 heterocycles. The number of unbranched alkanes of at least 4 members (excludes halogenated alkanes) is 22. The molecule has 27 heavy (non-hydrogen) atoms. The molecule has 0 amide bonds. The first kappa shape index (κ1) is 26.9. The minimum atomic E-state index is 0.368. The molecule has 2 N–H and O–H groups in total. The van der Waals surface area contributed by atoms with Crippen molar-refractivity contribution in [3.63, 3.8) is 0 Å². The smallest absolute Gasteiger partial charge is 0.0431 e. The summed E-state index contributed by atoms with van der Waals surface area (Å²) >= 11 is 0. The Hall–Kier alpha value is -0.0800. The van der Waals surface area contributed by atoms with Gasteiger partial charge in [0.05, 0.1) is 0 Å². The van der Waals surface area contributed by atoms with Gasteiger partial charge in [0.15, 0.2) is 0 Å². The number of rotatable bonds is 24. The summed E-state index contributed by atoms with van der Waals surface area (Å²) < 4.78 is 0. The molecule has 0 aliphatic carbocycles. The summed E-state index contributed by atoms with van der Waals surface area (Å²) in [7, 11) is 0. The quantitative estimate of drug-likeness (QED) is 0.166. The Balaban J connectivity index is 2.95. The summed E-state index contributed by atoms with van der Waals surface area (Å²) in [5.41, 5.74) is 0. The molecular formula is C25H52O2. The highest BCUT2D eigenvalue weighted by atomic mass is 16.3. The van der Waals surface area contributed by atoms with Gasteiger partial charge in [-0.15, -0.1) is 0 Å². The Morgan fingerprint density at radius 1 is 0.185 bits per heavy atom. The van der Waals surface area contributed by atoms with Gasteiger partial charge in [0.25, 0.3) is 0 Å². The van der Waals surface area contributed by atoms with Crippen molar-refractivity contribution in [2.24, 2.45) is 0 Å². The maximum absolute atomic E-state index is 8.73. The van der Waals surface area contributed by atoms with E-state index in [1.165, 1.54) is 135 Å². The highest BCUT2D eigenvalue weighted by Crippen LogP contribution is 2.15. The van der Waals surface area contributed by atoms with Crippen LogP contribution in [0.15, 0.2) is 0 Å². The topological polar surface area (TPSA) is 40.5 Å². The van der Waals surface area contributed by atoms with Crippen LogP contribution in [-0.2, 0) is 0 Å². The average Bonchev–Trinajstić information content (AvgIpc) is 2.68. The van der Waals surface area contributed by atoms with E-state index in [0.29, 0.717) is 13.2 Å². The van der Waals surface area contributed by atoms with Gasteiger partial charge < -0.3 is 10.2 Å². The second-order valence-electron chi connectivity index (χ2n) is 8.58. The highest BCUT2D eigenvalue weighted by molar-refractivity contribution is 4.51. The van der Waals surface area contributed by atoms with Crippen molar-refractivity contribution in [1.29, 1.82) is 0 Å². The molecular weight excluding hydrogens is 332 g/mol. The molecule has 0 bridgehead atoms. The molecule has 2 heteroatoms. The van der Waals surface area contributed by atoms with Gasteiger partial charge in [0.2, 0.25) is 0 Å². The fourth-order valence-electron chi connectivity index (χ4n) is 3.94. The maximum atomic E-state index is 8.73. The third kappa shape index (κ3) is 25.9. The van der Waals surface area contributed by atoms with Crippen LogP contribution in [0.4, 0.5) is 0 Å². The number of aliphatic hydroxyl groups excluding tert-OH is 2. The van der Waals surface area contributed by atoms with Crippen molar-refractivity contribution in [2.45, 2.75) is 148 Å². The van der Waals surface area contributed by atoms with Gasteiger partial charge in [0, 0.05) is 13.2 Å². The molecule has 0 radical (unpaired) electrons. The van der Waals surface area contributed by atoms with Crippen molar-refractivity contribution in [1.82, 2.24) is 0 Å². The summed E-state index contributed by atoms with van der Waals surface area (Å²) in [5.74, 6) is 0. The molecule has 0 spiro atoms. The molecule has 2 nitrogen and oxygen atoms in total. The van der Waals surface area contributed by atoms with Crippen LogP contribution in [0.1, 0.15) is 148 Å². The van der Waals surface area contributed by atoms with Crippen LogP contribution < -0.4 is 0 Å². The molecule has 0 aliphatic heterocycles. The lowest BCUT2D eigenvalue weighted by atomic mass is 10.0. The van der Waals surface area contributed by atoms with E-state index < -0.39 is 0 Å². The molecule has 0 aromatic heterocycles. The number of aliphatic hydroxyl groups is 2. The molecule has 0 rings (SSSR count). The van der Waals surface area contributed by atoms with Crippen molar-refractivity contribution >= 4 is 0 Å². The van der Waals surface area contributed by atoms with Crippen LogP contribution in [0.3, 0.4) is 0 Å². The van der Waals surface area contributed by atoms with Crippen LogP contribution in [0.2, 0.25) is 0 Å². The van der Waals surface area contributed by atoms with E-state index in [9.17, 15) is 0 Å². The van der Waals surface area contributed by atoms with Crippen molar-refractivity contribution in [3.8, 4) is 0 Å². The van der Waals surface area contributed by atoms with Gasteiger partial charge in [-0.05, 0) is 12.8 Å². The normalized spacial score (nSPS) is 11.3. The average molecular weight is 385 g/mol. The highest BCUT2D eigenvalue weighted by Gasteiger charge is 1.96. The zero-order valence-electron chi connectivity index (χ0n) is 18.6. The van der Waals surface area contributed by atoms with Gasteiger partial charge in [-0.3, -0.25) is 0 Å². The number of hydrogen-bond acceptors (Lipinski definition) is 2. The zero-order valence-corrected chi connectivity index (χ0v) is 18.6. The van der Waals surface area contributed by atoms with Crippen molar-refractivity contribution < 1.29 is 10.2 Å². The predicted molar refractivity (Wildman–Crippen MR) is 120 cm³/mol. The van der Waals surface area contributed by atoms with Crippen molar-refractivity contribution in [2.75, 3.05) is 13.2 Å². The van der Waals surface area contributed by atoms with E-state index in [0.717, 1.165) is 12.8 Å².